The molecule has 0 saturated heterocycles. The number of para-hydroxylation sites is 2. The summed E-state index contributed by atoms with van der Waals surface area (Å²) in [6.45, 7) is 1.67. The van der Waals surface area contributed by atoms with Crippen LogP contribution >= 0.6 is 0 Å². The molecule has 5 nitrogen and oxygen atoms in total. The molecule has 1 aromatic carbocycles. The summed E-state index contributed by atoms with van der Waals surface area (Å²) in [5.41, 5.74) is 1.96. The molecule has 2 heterocycles. The SMILES string of the molecule is Cc1nn2c(nc3ccccc32)[nH]c1=O. The van der Waals surface area contributed by atoms with Gasteiger partial charge in [0.15, 0.2) is 0 Å². The first-order valence-electron chi connectivity index (χ1n) is 4.60. The number of hydrogen-bond acceptors (Lipinski definition) is 3. The monoisotopic (exact) mass is 200 g/mol. The van der Waals surface area contributed by atoms with Gasteiger partial charge in [0, 0.05) is 0 Å². The van der Waals surface area contributed by atoms with E-state index in [1.54, 1.807) is 11.4 Å². The van der Waals surface area contributed by atoms with Crippen LogP contribution in [0, 0.1) is 6.92 Å². The molecule has 0 aliphatic rings. The Morgan fingerprint density at radius 1 is 1.33 bits per heavy atom. The van der Waals surface area contributed by atoms with Gasteiger partial charge in [-0.15, -0.1) is 0 Å². The Balaban J connectivity index is 2.61. The second-order valence-corrected chi connectivity index (χ2v) is 3.38. The first-order valence-corrected chi connectivity index (χ1v) is 4.60. The second-order valence-electron chi connectivity index (χ2n) is 3.38. The summed E-state index contributed by atoms with van der Waals surface area (Å²) in [7, 11) is 0. The fourth-order valence-corrected chi connectivity index (χ4v) is 1.58. The number of benzene rings is 1. The number of nitrogens with one attached hydrogen (secondary N) is 1. The van der Waals surface area contributed by atoms with Crippen molar-refractivity contribution in [3.63, 3.8) is 0 Å². The zero-order valence-electron chi connectivity index (χ0n) is 8.06. The van der Waals surface area contributed by atoms with Crippen LogP contribution in [-0.4, -0.2) is 19.6 Å². The minimum atomic E-state index is -0.196. The Morgan fingerprint density at radius 3 is 3.00 bits per heavy atom. The highest BCUT2D eigenvalue weighted by atomic mass is 16.1. The Morgan fingerprint density at radius 2 is 2.13 bits per heavy atom. The first-order chi connectivity index (χ1) is 7.25. The largest absolute Gasteiger partial charge is 0.289 e. The summed E-state index contributed by atoms with van der Waals surface area (Å²) < 4.78 is 1.64. The summed E-state index contributed by atoms with van der Waals surface area (Å²) in [5.74, 6) is 0.479. The van der Waals surface area contributed by atoms with Gasteiger partial charge in [-0.25, -0.2) is 4.98 Å². The van der Waals surface area contributed by atoms with Crippen molar-refractivity contribution in [3.05, 3.63) is 40.3 Å². The lowest BCUT2D eigenvalue weighted by molar-refractivity contribution is 0.870. The van der Waals surface area contributed by atoms with Gasteiger partial charge in [-0.3, -0.25) is 9.78 Å². The van der Waals surface area contributed by atoms with Crippen LogP contribution in [0.4, 0.5) is 0 Å². The van der Waals surface area contributed by atoms with E-state index in [1.165, 1.54) is 0 Å². The summed E-state index contributed by atoms with van der Waals surface area (Å²) in [4.78, 5) is 18.3. The number of rotatable bonds is 0. The van der Waals surface area contributed by atoms with Gasteiger partial charge >= 0.3 is 0 Å². The molecule has 0 aliphatic heterocycles. The van der Waals surface area contributed by atoms with Crippen LogP contribution in [0.2, 0.25) is 0 Å². The van der Waals surface area contributed by atoms with E-state index in [0.717, 1.165) is 11.0 Å². The predicted molar refractivity (Wildman–Crippen MR) is 55.9 cm³/mol. The lowest BCUT2D eigenvalue weighted by Gasteiger charge is -1.94. The summed E-state index contributed by atoms with van der Waals surface area (Å²) in [6.07, 6.45) is 0. The van der Waals surface area contributed by atoms with Crippen molar-refractivity contribution in [2.45, 2.75) is 6.92 Å². The number of imidazole rings is 1. The van der Waals surface area contributed by atoms with E-state index in [-0.39, 0.29) is 5.56 Å². The van der Waals surface area contributed by atoms with Gasteiger partial charge in [-0.05, 0) is 19.1 Å². The number of nitrogens with zero attached hydrogens (tertiary/aromatic N) is 3. The zero-order chi connectivity index (χ0) is 10.4. The summed E-state index contributed by atoms with van der Waals surface area (Å²) >= 11 is 0. The topological polar surface area (TPSA) is 63.1 Å². The minimum Gasteiger partial charge on any atom is -0.289 e. The van der Waals surface area contributed by atoms with E-state index in [4.69, 9.17) is 0 Å². The third-order valence-electron chi connectivity index (χ3n) is 2.34. The van der Waals surface area contributed by atoms with Crippen LogP contribution in [-0.2, 0) is 0 Å². The molecule has 0 saturated carbocycles. The van der Waals surface area contributed by atoms with Gasteiger partial charge in [0.05, 0.1) is 11.0 Å². The van der Waals surface area contributed by atoms with E-state index in [9.17, 15) is 4.79 Å². The fourth-order valence-electron chi connectivity index (χ4n) is 1.58. The van der Waals surface area contributed by atoms with Crippen molar-refractivity contribution < 1.29 is 0 Å². The highest BCUT2D eigenvalue weighted by Crippen LogP contribution is 2.12. The van der Waals surface area contributed by atoms with Crippen LogP contribution in [0.15, 0.2) is 29.1 Å². The molecule has 0 spiro atoms. The quantitative estimate of drug-likeness (QED) is 0.586. The third-order valence-corrected chi connectivity index (χ3v) is 2.34. The average molecular weight is 200 g/mol. The maximum Gasteiger partial charge on any atom is 0.273 e. The number of aryl methyl sites for hydroxylation is 1. The molecule has 0 unspecified atom stereocenters. The molecule has 0 amide bonds. The fraction of sp³-hybridized carbons (Fsp3) is 0.100. The van der Waals surface area contributed by atoms with Crippen LogP contribution in [0.1, 0.15) is 5.69 Å². The molecule has 3 aromatic rings. The Labute approximate surface area is 84.4 Å². The Kier molecular flexibility index (Phi) is 1.45. The lowest BCUT2D eigenvalue weighted by atomic mass is 10.3. The molecule has 1 N–H and O–H groups in total. The molecule has 0 radical (unpaired) electrons. The number of fused-ring (bicyclic) bond motifs is 3. The molecular formula is C10H8N4O. The lowest BCUT2D eigenvalue weighted by Crippen LogP contribution is -2.15. The van der Waals surface area contributed by atoms with Crippen molar-refractivity contribution in [1.29, 1.82) is 0 Å². The van der Waals surface area contributed by atoms with Crippen molar-refractivity contribution in [2.24, 2.45) is 0 Å². The molecule has 5 heteroatoms. The van der Waals surface area contributed by atoms with Crippen molar-refractivity contribution in [3.8, 4) is 0 Å². The van der Waals surface area contributed by atoms with Gasteiger partial charge in [-0.1, -0.05) is 12.1 Å². The molecule has 0 bridgehead atoms. The van der Waals surface area contributed by atoms with Gasteiger partial charge in [0.25, 0.3) is 5.56 Å². The second kappa shape index (κ2) is 2.66. The van der Waals surface area contributed by atoms with E-state index >= 15 is 0 Å². The van der Waals surface area contributed by atoms with Gasteiger partial charge in [0.1, 0.15) is 5.69 Å². The van der Waals surface area contributed by atoms with Gasteiger partial charge in [-0.2, -0.15) is 9.61 Å². The maximum absolute atomic E-state index is 11.3. The Bertz CT molecular complexity index is 710. The number of aromatic nitrogens is 4. The van der Waals surface area contributed by atoms with E-state index < -0.39 is 0 Å². The standard InChI is InChI=1S/C10H8N4O/c1-6-9(15)12-10-11-7-4-2-3-5-8(7)14(10)13-6/h2-5H,1H3,(H,11,12,15). The van der Waals surface area contributed by atoms with Gasteiger partial charge < -0.3 is 0 Å². The molecule has 0 atom stereocenters. The number of hydrogen-bond donors (Lipinski definition) is 1. The molecule has 0 aliphatic carbocycles. The molecule has 2 aromatic heterocycles. The highest BCUT2D eigenvalue weighted by Gasteiger charge is 2.06. The zero-order valence-corrected chi connectivity index (χ0v) is 8.06. The Hall–Kier alpha value is -2.17. The van der Waals surface area contributed by atoms with E-state index in [1.807, 2.05) is 24.3 Å². The molecule has 0 fully saturated rings. The summed E-state index contributed by atoms with van der Waals surface area (Å²) in [5, 5.41) is 4.17. The van der Waals surface area contributed by atoms with E-state index in [0.29, 0.717) is 11.5 Å². The highest BCUT2D eigenvalue weighted by molar-refractivity contribution is 5.78. The van der Waals surface area contributed by atoms with Gasteiger partial charge in [0.2, 0.25) is 5.78 Å². The molecule has 15 heavy (non-hydrogen) atoms. The average Bonchev–Trinajstić information content (AvgIpc) is 2.57. The van der Waals surface area contributed by atoms with Crippen molar-refractivity contribution in [2.75, 3.05) is 0 Å². The van der Waals surface area contributed by atoms with E-state index in [2.05, 4.69) is 15.1 Å². The minimum absolute atomic E-state index is 0.196. The molecule has 3 rings (SSSR count). The van der Waals surface area contributed by atoms with Crippen molar-refractivity contribution in [1.82, 2.24) is 19.6 Å². The number of H-pyrrole nitrogens is 1. The van der Waals surface area contributed by atoms with Crippen LogP contribution in [0.5, 0.6) is 0 Å². The normalized spacial score (nSPS) is 11.3. The predicted octanol–water partition coefficient (Wildman–Crippen LogP) is 0.879. The smallest absolute Gasteiger partial charge is 0.273 e. The first kappa shape index (κ1) is 8.16. The third kappa shape index (κ3) is 1.06. The number of aromatic amines is 1. The van der Waals surface area contributed by atoms with Crippen molar-refractivity contribution >= 4 is 16.8 Å². The van der Waals surface area contributed by atoms with Crippen LogP contribution < -0.4 is 5.56 Å². The maximum atomic E-state index is 11.3. The van der Waals surface area contributed by atoms with Crippen LogP contribution in [0.3, 0.4) is 0 Å². The molecular weight excluding hydrogens is 192 g/mol. The molecule has 74 valence electrons. The summed E-state index contributed by atoms with van der Waals surface area (Å²) in [6, 6.07) is 7.62. The van der Waals surface area contributed by atoms with Crippen LogP contribution in [0.25, 0.3) is 16.8 Å².